The topological polar surface area (TPSA) is 97.6 Å². The highest BCUT2D eigenvalue weighted by Crippen LogP contribution is 2.27. The molecule has 3 aromatic rings. The van der Waals surface area contributed by atoms with Crippen molar-refractivity contribution in [3.05, 3.63) is 47.2 Å². The van der Waals surface area contributed by atoms with E-state index in [1.807, 2.05) is 35.6 Å². The summed E-state index contributed by atoms with van der Waals surface area (Å²) in [4.78, 5) is 24.3. The van der Waals surface area contributed by atoms with Crippen molar-refractivity contribution in [2.24, 2.45) is 0 Å². The molecule has 4 rings (SSSR count). The Morgan fingerprint density at radius 3 is 2.90 bits per heavy atom. The number of aromatic nitrogens is 3. The molecule has 8 nitrogen and oxygen atoms in total. The number of benzene rings is 1. The number of esters is 1. The van der Waals surface area contributed by atoms with Crippen molar-refractivity contribution in [1.82, 2.24) is 25.2 Å². The fraction of sp³-hybridized carbons (Fsp3) is 0.300. The van der Waals surface area contributed by atoms with Crippen LogP contribution >= 0.6 is 11.8 Å². The number of pyridine rings is 1. The van der Waals surface area contributed by atoms with Crippen LogP contribution in [0.5, 0.6) is 0 Å². The number of amides is 2. The molecule has 0 bridgehead atoms. The van der Waals surface area contributed by atoms with Crippen molar-refractivity contribution in [2.45, 2.75) is 32.0 Å². The maximum atomic E-state index is 12.4. The molecule has 150 valence electrons. The molecule has 9 heteroatoms. The van der Waals surface area contributed by atoms with Gasteiger partial charge in [-0.15, -0.1) is 10.2 Å². The lowest BCUT2D eigenvalue weighted by Gasteiger charge is -2.26. The van der Waals surface area contributed by atoms with E-state index in [2.05, 4.69) is 26.9 Å². The average Bonchev–Trinajstić information content (AvgIpc) is 3.09. The molecule has 2 N–H and O–H groups in total. The van der Waals surface area contributed by atoms with Gasteiger partial charge in [0.15, 0.2) is 10.8 Å². The van der Waals surface area contributed by atoms with Gasteiger partial charge in [-0.25, -0.2) is 9.59 Å². The van der Waals surface area contributed by atoms with Crippen LogP contribution in [-0.4, -0.2) is 45.0 Å². The minimum absolute atomic E-state index is 0.267. The molecule has 1 aliphatic rings. The minimum Gasteiger partial charge on any atom is -0.463 e. The average molecular weight is 411 g/mol. The van der Waals surface area contributed by atoms with Crippen molar-refractivity contribution >= 4 is 40.3 Å². The Labute approximate surface area is 171 Å². The van der Waals surface area contributed by atoms with Crippen LogP contribution < -0.4 is 10.6 Å². The van der Waals surface area contributed by atoms with Gasteiger partial charge >= 0.3 is 12.0 Å². The number of para-hydroxylation sites is 1. The number of carbonyl (C=O) groups excluding carboxylic acids is 2. The fourth-order valence-corrected chi connectivity index (χ4v) is 4.42. The second-order valence-electron chi connectivity index (χ2n) is 6.74. The SMILES string of the molecule is CCOC(=O)C1=C(CSc2nnc3cc(C)c4ccccc4n23)NC(=O)N[C@H]1C. The summed E-state index contributed by atoms with van der Waals surface area (Å²) >= 11 is 1.41. The van der Waals surface area contributed by atoms with Crippen LogP contribution in [-0.2, 0) is 9.53 Å². The van der Waals surface area contributed by atoms with Gasteiger partial charge in [-0.1, -0.05) is 30.0 Å². The summed E-state index contributed by atoms with van der Waals surface area (Å²) in [5.41, 5.74) is 3.85. The zero-order valence-electron chi connectivity index (χ0n) is 16.4. The maximum Gasteiger partial charge on any atom is 0.337 e. The Morgan fingerprint density at radius 2 is 2.10 bits per heavy atom. The van der Waals surface area contributed by atoms with Crippen LogP contribution in [0.15, 0.2) is 46.8 Å². The van der Waals surface area contributed by atoms with E-state index in [4.69, 9.17) is 4.74 Å². The lowest BCUT2D eigenvalue weighted by atomic mass is 10.1. The van der Waals surface area contributed by atoms with Crippen LogP contribution in [0.4, 0.5) is 4.79 Å². The molecule has 29 heavy (non-hydrogen) atoms. The minimum atomic E-state index is -0.435. The standard InChI is InChI=1S/C20H21N5O3S/c1-4-28-18(26)17-12(3)21-19(27)22-14(17)10-29-20-24-23-16-9-11(2)13-7-5-6-8-15(13)25(16)20/h5-9,12H,4,10H2,1-3H3,(H2,21,22,27)/t12-/m0/s1. The first-order valence-electron chi connectivity index (χ1n) is 9.33. The van der Waals surface area contributed by atoms with Gasteiger partial charge in [0.05, 0.1) is 23.7 Å². The normalized spacial score (nSPS) is 16.8. The lowest BCUT2D eigenvalue weighted by molar-refractivity contribution is -0.138. The molecule has 0 spiro atoms. The second kappa shape index (κ2) is 7.75. The number of carbonyl (C=O) groups is 2. The molecule has 0 fully saturated rings. The number of aryl methyl sites for hydroxylation is 1. The number of nitrogens with zero attached hydrogens (tertiary/aromatic N) is 3. The summed E-state index contributed by atoms with van der Waals surface area (Å²) in [6.45, 7) is 5.83. The number of hydrogen-bond acceptors (Lipinski definition) is 6. The van der Waals surface area contributed by atoms with E-state index in [0.29, 0.717) is 22.2 Å². The molecular formula is C20H21N5O3S. The van der Waals surface area contributed by atoms with Crippen molar-refractivity contribution in [2.75, 3.05) is 12.4 Å². The van der Waals surface area contributed by atoms with E-state index in [1.54, 1.807) is 13.8 Å². The highest BCUT2D eigenvalue weighted by atomic mass is 32.2. The zero-order chi connectivity index (χ0) is 20.5. The van der Waals surface area contributed by atoms with Crippen LogP contribution in [0.2, 0.25) is 0 Å². The Bertz CT molecular complexity index is 1150. The number of hydrogen-bond donors (Lipinski definition) is 2. The molecule has 0 unspecified atom stereocenters. The van der Waals surface area contributed by atoms with E-state index >= 15 is 0 Å². The number of thioether (sulfide) groups is 1. The van der Waals surface area contributed by atoms with E-state index < -0.39 is 12.0 Å². The molecule has 3 heterocycles. The highest BCUT2D eigenvalue weighted by molar-refractivity contribution is 7.99. The fourth-order valence-electron chi connectivity index (χ4n) is 3.50. The highest BCUT2D eigenvalue weighted by Gasteiger charge is 2.30. The molecule has 0 saturated carbocycles. The number of nitrogens with one attached hydrogen (secondary N) is 2. The first-order chi connectivity index (χ1) is 14.0. The molecule has 1 atom stereocenters. The Balaban J connectivity index is 1.71. The van der Waals surface area contributed by atoms with Crippen molar-refractivity contribution in [3.63, 3.8) is 0 Å². The number of fused-ring (bicyclic) bond motifs is 3. The molecule has 0 aliphatic carbocycles. The Kier molecular flexibility index (Phi) is 5.14. The predicted molar refractivity (Wildman–Crippen MR) is 111 cm³/mol. The van der Waals surface area contributed by atoms with Crippen molar-refractivity contribution < 1.29 is 14.3 Å². The van der Waals surface area contributed by atoms with Gasteiger partial charge in [0, 0.05) is 16.8 Å². The van der Waals surface area contributed by atoms with Gasteiger partial charge in [-0.3, -0.25) is 4.40 Å². The summed E-state index contributed by atoms with van der Waals surface area (Å²) in [7, 11) is 0. The van der Waals surface area contributed by atoms with Crippen LogP contribution in [0.25, 0.3) is 16.6 Å². The number of urea groups is 1. The first kappa shape index (κ1) is 19.3. The third-order valence-corrected chi connectivity index (χ3v) is 5.74. The van der Waals surface area contributed by atoms with Gasteiger partial charge in [-0.05, 0) is 38.5 Å². The summed E-state index contributed by atoms with van der Waals surface area (Å²) in [6.07, 6.45) is 0. The third kappa shape index (κ3) is 3.53. The summed E-state index contributed by atoms with van der Waals surface area (Å²) < 4.78 is 7.15. The van der Waals surface area contributed by atoms with Gasteiger partial charge in [0.1, 0.15) is 0 Å². The maximum absolute atomic E-state index is 12.4. The quantitative estimate of drug-likeness (QED) is 0.495. The second-order valence-corrected chi connectivity index (χ2v) is 7.68. The largest absolute Gasteiger partial charge is 0.463 e. The van der Waals surface area contributed by atoms with Gasteiger partial charge < -0.3 is 15.4 Å². The number of ether oxygens (including phenoxy) is 1. The molecule has 1 aromatic carbocycles. The Hall–Kier alpha value is -3.07. The van der Waals surface area contributed by atoms with Gasteiger partial charge in [-0.2, -0.15) is 0 Å². The van der Waals surface area contributed by atoms with Crippen LogP contribution in [0.1, 0.15) is 19.4 Å². The molecule has 1 aliphatic heterocycles. The number of rotatable bonds is 5. The van der Waals surface area contributed by atoms with E-state index in [9.17, 15) is 9.59 Å². The monoisotopic (exact) mass is 411 g/mol. The first-order valence-corrected chi connectivity index (χ1v) is 10.3. The molecule has 0 radical (unpaired) electrons. The van der Waals surface area contributed by atoms with Gasteiger partial charge in [0.2, 0.25) is 0 Å². The predicted octanol–water partition coefficient (Wildman–Crippen LogP) is 2.80. The van der Waals surface area contributed by atoms with E-state index in [1.165, 1.54) is 11.8 Å². The summed E-state index contributed by atoms with van der Waals surface area (Å²) in [6, 6.07) is 9.30. The summed E-state index contributed by atoms with van der Waals surface area (Å²) in [5, 5.41) is 15.9. The van der Waals surface area contributed by atoms with Crippen LogP contribution in [0.3, 0.4) is 0 Å². The summed E-state index contributed by atoms with van der Waals surface area (Å²) in [5.74, 6) is -0.0789. The smallest absolute Gasteiger partial charge is 0.337 e. The zero-order valence-corrected chi connectivity index (χ0v) is 17.2. The third-order valence-electron chi connectivity index (χ3n) is 4.78. The van der Waals surface area contributed by atoms with Crippen molar-refractivity contribution in [1.29, 1.82) is 0 Å². The Morgan fingerprint density at radius 1 is 1.31 bits per heavy atom. The van der Waals surface area contributed by atoms with E-state index in [0.717, 1.165) is 22.1 Å². The molecule has 0 saturated heterocycles. The van der Waals surface area contributed by atoms with Gasteiger partial charge in [0.25, 0.3) is 0 Å². The molecular weight excluding hydrogens is 390 g/mol. The van der Waals surface area contributed by atoms with E-state index in [-0.39, 0.29) is 12.6 Å². The lowest BCUT2D eigenvalue weighted by Crippen LogP contribution is -2.49. The molecule has 2 aromatic heterocycles. The van der Waals surface area contributed by atoms with Crippen LogP contribution in [0, 0.1) is 6.92 Å². The van der Waals surface area contributed by atoms with Crippen molar-refractivity contribution in [3.8, 4) is 0 Å². The molecule has 2 amide bonds.